The fourth-order valence-corrected chi connectivity index (χ4v) is 2.27. The molecule has 0 radical (unpaired) electrons. The number of hydrogen-bond acceptors (Lipinski definition) is 3. The van der Waals surface area contributed by atoms with Crippen LogP contribution in [-0.2, 0) is 0 Å². The average molecular weight is 312 g/mol. The van der Waals surface area contributed by atoms with Crippen molar-refractivity contribution in [1.82, 2.24) is 10.3 Å². The Morgan fingerprint density at radius 2 is 2.05 bits per heavy atom. The van der Waals surface area contributed by atoms with Crippen molar-refractivity contribution in [2.24, 2.45) is 5.92 Å². The second kappa shape index (κ2) is 8.88. The molecule has 1 aromatic heterocycles. The third kappa shape index (κ3) is 5.92. The Morgan fingerprint density at radius 1 is 1.33 bits per heavy atom. The molecule has 1 amide bonds. The molecule has 2 unspecified atom stereocenters. The Morgan fingerprint density at radius 3 is 2.67 bits per heavy atom. The van der Waals surface area contributed by atoms with Crippen LogP contribution in [0, 0.1) is 5.92 Å². The molecule has 2 N–H and O–H groups in total. The van der Waals surface area contributed by atoms with E-state index in [1.807, 2.05) is 6.92 Å². The SMILES string of the molecule is CCCNc1ccc(Cl)c(C(=O)NC(C)CC(C)CC)n1. The second-order valence-electron chi connectivity index (χ2n) is 5.58. The summed E-state index contributed by atoms with van der Waals surface area (Å²) >= 11 is 6.09. The lowest BCUT2D eigenvalue weighted by molar-refractivity contribution is 0.0930. The summed E-state index contributed by atoms with van der Waals surface area (Å²) in [7, 11) is 0. The first-order valence-corrected chi connectivity index (χ1v) is 8.06. The molecule has 4 nitrogen and oxygen atoms in total. The normalized spacial score (nSPS) is 13.6. The molecule has 0 bridgehead atoms. The Hall–Kier alpha value is -1.29. The molecule has 1 heterocycles. The third-order valence-corrected chi connectivity index (χ3v) is 3.75. The maximum absolute atomic E-state index is 12.3. The van der Waals surface area contributed by atoms with E-state index in [0.29, 0.717) is 16.8 Å². The molecule has 1 aromatic rings. The van der Waals surface area contributed by atoms with Crippen LogP contribution in [0.3, 0.4) is 0 Å². The Balaban J connectivity index is 2.72. The van der Waals surface area contributed by atoms with Gasteiger partial charge in [0.15, 0.2) is 0 Å². The van der Waals surface area contributed by atoms with E-state index in [-0.39, 0.29) is 17.6 Å². The number of anilines is 1. The summed E-state index contributed by atoms with van der Waals surface area (Å²) in [4.78, 5) is 16.6. The number of amides is 1. The summed E-state index contributed by atoms with van der Waals surface area (Å²) in [5, 5.41) is 6.51. The molecule has 0 spiro atoms. The lowest BCUT2D eigenvalue weighted by Crippen LogP contribution is -2.34. The van der Waals surface area contributed by atoms with Crippen molar-refractivity contribution >= 4 is 23.3 Å². The van der Waals surface area contributed by atoms with Crippen molar-refractivity contribution < 1.29 is 4.79 Å². The van der Waals surface area contributed by atoms with Gasteiger partial charge in [0.1, 0.15) is 11.5 Å². The average Bonchev–Trinajstić information content (AvgIpc) is 2.45. The molecule has 118 valence electrons. The predicted molar refractivity (Wildman–Crippen MR) is 89.0 cm³/mol. The highest BCUT2D eigenvalue weighted by atomic mass is 35.5. The van der Waals surface area contributed by atoms with Gasteiger partial charge in [0.2, 0.25) is 0 Å². The van der Waals surface area contributed by atoms with E-state index in [4.69, 9.17) is 11.6 Å². The topological polar surface area (TPSA) is 54.0 Å². The molecular formula is C16H26ClN3O. The maximum Gasteiger partial charge on any atom is 0.271 e. The molecule has 0 fully saturated rings. The zero-order valence-electron chi connectivity index (χ0n) is 13.4. The minimum atomic E-state index is -0.212. The molecule has 5 heteroatoms. The van der Waals surface area contributed by atoms with Crippen LogP contribution >= 0.6 is 11.6 Å². The van der Waals surface area contributed by atoms with Gasteiger partial charge in [0, 0.05) is 12.6 Å². The quantitative estimate of drug-likeness (QED) is 0.759. The van der Waals surface area contributed by atoms with Crippen molar-refractivity contribution in [3.05, 3.63) is 22.8 Å². The molecule has 1 rings (SSSR count). The summed E-state index contributed by atoms with van der Waals surface area (Å²) in [6.45, 7) is 9.24. The lowest BCUT2D eigenvalue weighted by atomic mass is 10.0. The van der Waals surface area contributed by atoms with E-state index in [9.17, 15) is 4.79 Å². The molecule has 2 atom stereocenters. The number of carbonyl (C=O) groups excluding carboxylic acids is 1. The van der Waals surface area contributed by atoms with Crippen LogP contribution in [0.5, 0.6) is 0 Å². The summed E-state index contributed by atoms with van der Waals surface area (Å²) in [6, 6.07) is 3.61. The first-order chi connectivity index (χ1) is 9.97. The smallest absolute Gasteiger partial charge is 0.271 e. The monoisotopic (exact) mass is 311 g/mol. The number of hydrogen-bond donors (Lipinski definition) is 2. The van der Waals surface area contributed by atoms with Crippen molar-refractivity contribution in [3.8, 4) is 0 Å². The zero-order valence-corrected chi connectivity index (χ0v) is 14.1. The van der Waals surface area contributed by atoms with E-state index < -0.39 is 0 Å². The predicted octanol–water partition coefficient (Wildman–Crippen LogP) is 4.11. The third-order valence-electron chi connectivity index (χ3n) is 3.45. The van der Waals surface area contributed by atoms with Gasteiger partial charge in [-0.15, -0.1) is 0 Å². The van der Waals surface area contributed by atoms with Crippen molar-refractivity contribution in [2.45, 2.75) is 53.0 Å². The fourth-order valence-electron chi connectivity index (χ4n) is 2.07. The highest BCUT2D eigenvalue weighted by Gasteiger charge is 2.16. The van der Waals surface area contributed by atoms with E-state index in [2.05, 4.69) is 36.4 Å². The zero-order chi connectivity index (χ0) is 15.8. The van der Waals surface area contributed by atoms with Gasteiger partial charge in [0.25, 0.3) is 5.91 Å². The summed E-state index contributed by atoms with van der Waals surface area (Å²) in [5.74, 6) is 1.05. The number of aromatic nitrogens is 1. The molecule has 0 aliphatic rings. The number of carbonyl (C=O) groups is 1. The van der Waals surface area contributed by atoms with Crippen molar-refractivity contribution in [1.29, 1.82) is 0 Å². The molecule has 0 aliphatic carbocycles. The first kappa shape index (κ1) is 17.8. The minimum Gasteiger partial charge on any atom is -0.370 e. The Bertz CT molecular complexity index is 465. The van der Waals surface area contributed by atoms with Gasteiger partial charge in [-0.05, 0) is 37.8 Å². The van der Waals surface area contributed by atoms with Gasteiger partial charge in [0.05, 0.1) is 5.02 Å². The minimum absolute atomic E-state index is 0.109. The first-order valence-electron chi connectivity index (χ1n) is 7.69. The molecule has 0 saturated carbocycles. The van der Waals surface area contributed by atoms with Crippen LogP contribution < -0.4 is 10.6 Å². The molecule has 0 saturated heterocycles. The standard InChI is InChI=1S/C16H26ClN3O/c1-5-9-18-14-8-7-13(17)15(20-14)16(21)19-12(4)10-11(3)6-2/h7-8,11-12H,5-6,9-10H2,1-4H3,(H,18,20)(H,19,21). The van der Waals surface area contributed by atoms with Gasteiger partial charge >= 0.3 is 0 Å². The van der Waals surface area contributed by atoms with Gasteiger partial charge in [-0.3, -0.25) is 4.79 Å². The highest BCUT2D eigenvalue weighted by molar-refractivity contribution is 6.33. The van der Waals surface area contributed by atoms with Crippen LogP contribution in [0.1, 0.15) is 57.4 Å². The van der Waals surface area contributed by atoms with E-state index in [1.54, 1.807) is 12.1 Å². The molecular weight excluding hydrogens is 286 g/mol. The number of pyridine rings is 1. The largest absolute Gasteiger partial charge is 0.370 e. The number of rotatable bonds is 8. The number of nitrogens with one attached hydrogen (secondary N) is 2. The summed E-state index contributed by atoms with van der Waals surface area (Å²) in [5.41, 5.74) is 0.286. The van der Waals surface area contributed by atoms with E-state index >= 15 is 0 Å². The number of nitrogens with zero attached hydrogens (tertiary/aromatic N) is 1. The summed E-state index contributed by atoms with van der Waals surface area (Å²) in [6.07, 6.45) is 3.06. The number of halogens is 1. The highest BCUT2D eigenvalue weighted by Crippen LogP contribution is 2.17. The lowest BCUT2D eigenvalue weighted by Gasteiger charge is -2.18. The van der Waals surface area contributed by atoms with E-state index in [0.717, 1.165) is 25.8 Å². The second-order valence-corrected chi connectivity index (χ2v) is 5.98. The maximum atomic E-state index is 12.3. The van der Waals surface area contributed by atoms with Crippen LogP contribution in [-0.4, -0.2) is 23.5 Å². The molecule has 0 aliphatic heterocycles. The van der Waals surface area contributed by atoms with Gasteiger partial charge in [-0.2, -0.15) is 0 Å². The van der Waals surface area contributed by atoms with Gasteiger partial charge in [-0.25, -0.2) is 4.98 Å². The van der Waals surface area contributed by atoms with Crippen LogP contribution in [0.25, 0.3) is 0 Å². The molecule has 0 aromatic carbocycles. The van der Waals surface area contributed by atoms with E-state index in [1.165, 1.54) is 0 Å². The van der Waals surface area contributed by atoms with Crippen LogP contribution in [0.15, 0.2) is 12.1 Å². The van der Waals surface area contributed by atoms with Crippen LogP contribution in [0.2, 0.25) is 5.02 Å². The Kier molecular flexibility index (Phi) is 7.51. The summed E-state index contributed by atoms with van der Waals surface area (Å²) < 4.78 is 0. The molecule has 21 heavy (non-hydrogen) atoms. The van der Waals surface area contributed by atoms with Gasteiger partial charge in [-0.1, -0.05) is 38.8 Å². The van der Waals surface area contributed by atoms with Gasteiger partial charge < -0.3 is 10.6 Å². The van der Waals surface area contributed by atoms with Crippen LogP contribution in [0.4, 0.5) is 5.82 Å². The van der Waals surface area contributed by atoms with Crippen molar-refractivity contribution in [2.75, 3.05) is 11.9 Å². The van der Waals surface area contributed by atoms with Crippen molar-refractivity contribution in [3.63, 3.8) is 0 Å². The fraction of sp³-hybridized carbons (Fsp3) is 0.625. The Labute approximate surface area is 132 Å².